The van der Waals surface area contributed by atoms with Gasteiger partial charge in [-0.2, -0.15) is 0 Å². The molecule has 2 atom stereocenters. The lowest BCUT2D eigenvalue weighted by Crippen LogP contribution is -2.22. The van der Waals surface area contributed by atoms with E-state index in [1.807, 2.05) is 0 Å². The van der Waals surface area contributed by atoms with Crippen LogP contribution in [0.4, 0.5) is 4.39 Å². The summed E-state index contributed by atoms with van der Waals surface area (Å²) in [5, 5.41) is 0. The van der Waals surface area contributed by atoms with Crippen LogP contribution in [0.1, 0.15) is 19.3 Å². The van der Waals surface area contributed by atoms with Crippen molar-refractivity contribution in [2.24, 2.45) is 0 Å². The summed E-state index contributed by atoms with van der Waals surface area (Å²) < 4.78 is 12.6. The Balaban J connectivity index is 2.02. The van der Waals surface area contributed by atoms with E-state index < -0.39 is 6.17 Å². The van der Waals surface area contributed by atoms with Crippen LogP contribution in [0.15, 0.2) is 0 Å². The van der Waals surface area contributed by atoms with Gasteiger partial charge in [0.2, 0.25) is 0 Å². The smallest absolute Gasteiger partial charge is 0.114 e. The molecular formula is C7H12FN. The summed E-state index contributed by atoms with van der Waals surface area (Å²) in [5.74, 6) is 0. The van der Waals surface area contributed by atoms with E-state index in [0.717, 1.165) is 13.0 Å². The molecule has 0 saturated carbocycles. The highest BCUT2D eigenvalue weighted by molar-refractivity contribution is 4.89. The first-order valence-electron chi connectivity index (χ1n) is 3.74. The maximum atomic E-state index is 12.6. The molecule has 2 saturated heterocycles. The number of rotatable bonds is 0. The van der Waals surface area contributed by atoms with Gasteiger partial charge in [0.05, 0.1) is 0 Å². The lowest BCUT2D eigenvalue weighted by molar-refractivity contribution is 0.292. The summed E-state index contributed by atoms with van der Waals surface area (Å²) >= 11 is 0. The largest absolute Gasteiger partial charge is 0.297 e. The molecule has 0 aromatic heterocycles. The Labute approximate surface area is 54.8 Å². The number of hydrogen-bond acceptors (Lipinski definition) is 1. The Hall–Kier alpha value is -0.110. The zero-order valence-electron chi connectivity index (χ0n) is 5.52. The summed E-state index contributed by atoms with van der Waals surface area (Å²) in [6, 6.07) is 0.611. The standard InChI is InChI=1S/C7H12FN/c8-6-4-7-2-1-3-9(7)5-6/h6-7H,1-5H2. The molecule has 0 N–H and O–H groups in total. The minimum Gasteiger partial charge on any atom is -0.297 e. The topological polar surface area (TPSA) is 3.24 Å². The lowest BCUT2D eigenvalue weighted by Gasteiger charge is -2.11. The van der Waals surface area contributed by atoms with Crippen LogP contribution in [-0.4, -0.2) is 30.2 Å². The van der Waals surface area contributed by atoms with Crippen molar-refractivity contribution in [1.82, 2.24) is 4.90 Å². The van der Waals surface area contributed by atoms with Crippen molar-refractivity contribution in [1.29, 1.82) is 0 Å². The Bertz CT molecular complexity index is 103. The van der Waals surface area contributed by atoms with Crippen LogP contribution in [0.2, 0.25) is 0 Å². The van der Waals surface area contributed by atoms with Crippen molar-refractivity contribution in [3.8, 4) is 0 Å². The van der Waals surface area contributed by atoms with Crippen LogP contribution >= 0.6 is 0 Å². The fourth-order valence-corrected chi connectivity index (χ4v) is 2.03. The predicted octanol–water partition coefficient (Wildman–Crippen LogP) is 1.19. The molecule has 2 heterocycles. The van der Waals surface area contributed by atoms with E-state index in [2.05, 4.69) is 4.90 Å². The molecule has 0 aliphatic carbocycles. The highest BCUT2D eigenvalue weighted by Crippen LogP contribution is 2.28. The molecular weight excluding hydrogens is 117 g/mol. The minimum atomic E-state index is -0.518. The summed E-state index contributed by atoms with van der Waals surface area (Å²) in [6.45, 7) is 1.86. The molecule has 0 aromatic rings. The van der Waals surface area contributed by atoms with Crippen molar-refractivity contribution in [3.63, 3.8) is 0 Å². The second kappa shape index (κ2) is 1.94. The van der Waals surface area contributed by atoms with Crippen LogP contribution in [0.3, 0.4) is 0 Å². The molecule has 0 radical (unpaired) electrons. The summed E-state index contributed by atoms with van der Waals surface area (Å²) in [4.78, 5) is 2.28. The Kier molecular flexibility index (Phi) is 1.22. The molecule has 0 bridgehead atoms. The van der Waals surface area contributed by atoms with E-state index >= 15 is 0 Å². The average Bonchev–Trinajstić information content (AvgIpc) is 2.22. The van der Waals surface area contributed by atoms with E-state index in [1.54, 1.807) is 0 Å². The van der Waals surface area contributed by atoms with E-state index in [4.69, 9.17) is 0 Å². The molecule has 2 aliphatic heterocycles. The highest BCUT2D eigenvalue weighted by atomic mass is 19.1. The number of hydrogen-bond donors (Lipinski definition) is 0. The molecule has 2 aliphatic rings. The van der Waals surface area contributed by atoms with Gasteiger partial charge in [-0.3, -0.25) is 4.90 Å². The fraction of sp³-hybridized carbons (Fsp3) is 1.00. The molecule has 2 unspecified atom stereocenters. The predicted molar refractivity (Wildman–Crippen MR) is 34.1 cm³/mol. The molecule has 9 heavy (non-hydrogen) atoms. The van der Waals surface area contributed by atoms with Crippen molar-refractivity contribution in [2.45, 2.75) is 31.5 Å². The van der Waals surface area contributed by atoms with Crippen molar-refractivity contribution in [3.05, 3.63) is 0 Å². The van der Waals surface area contributed by atoms with Gasteiger partial charge in [-0.15, -0.1) is 0 Å². The van der Waals surface area contributed by atoms with Gasteiger partial charge in [-0.05, 0) is 25.8 Å². The molecule has 0 amide bonds. The Morgan fingerprint density at radius 2 is 2.33 bits per heavy atom. The van der Waals surface area contributed by atoms with Crippen molar-refractivity contribution >= 4 is 0 Å². The molecule has 0 aromatic carbocycles. The van der Waals surface area contributed by atoms with Gasteiger partial charge < -0.3 is 0 Å². The third-order valence-electron chi connectivity index (χ3n) is 2.46. The van der Waals surface area contributed by atoms with Gasteiger partial charge in [0, 0.05) is 12.6 Å². The van der Waals surface area contributed by atoms with E-state index in [1.165, 1.54) is 12.8 Å². The fourth-order valence-electron chi connectivity index (χ4n) is 2.03. The number of alkyl halides is 1. The first kappa shape index (κ1) is 5.66. The first-order chi connectivity index (χ1) is 4.36. The van der Waals surface area contributed by atoms with Crippen LogP contribution in [0, 0.1) is 0 Å². The van der Waals surface area contributed by atoms with Gasteiger partial charge in [-0.1, -0.05) is 0 Å². The van der Waals surface area contributed by atoms with E-state index in [-0.39, 0.29) is 0 Å². The quantitative estimate of drug-likeness (QED) is 0.475. The van der Waals surface area contributed by atoms with Gasteiger partial charge >= 0.3 is 0 Å². The zero-order chi connectivity index (χ0) is 6.27. The van der Waals surface area contributed by atoms with E-state index in [9.17, 15) is 4.39 Å². The number of fused-ring (bicyclic) bond motifs is 1. The molecule has 2 fully saturated rings. The normalized spacial score (nSPS) is 43.7. The maximum absolute atomic E-state index is 12.6. The SMILES string of the molecule is FC1CC2CCCN2C1. The number of halogens is 1. The van der Waals surface area contributed by atoms with Crippen molar-refractivity contribution < 1.29 is 4.39 Å². The molecule has 0 spiro atoms. The Morgan fingerprint density at radius 3 is 3.11 bits per heavy atom. The maximum Gasteiger partial charge on any atom is 0.114 e. The third kappa shape index (κ3) is 0.855. The highest BCUT2D eigenvalue weighted by Gasteiger charge is 2.34. The summed E-state index contributed by atoms with van der Waals surface area (Å²) in [7, 11) is 0. The minimum absolute atomic E-state index is 0.518. The molecule has 1 nitrogen and oxygen atoms in total. The van der Waals surface area contributed by atoms with Gasteiger partial charge in [-0.25, -0.2) is 4.39 Å². The Morgan fingerprint density at radius 1 is 1.44 bits per heavy atom. The van der Waals surface area contributed by atoms with E-state index in [0.29, 0.717) is 12.6 Å². The van der Waals surface area contributed by atoms with Crippen LogP contribution in [0.25, 0.3) is 0 Å². The lowest BCUT2D eigenvalue weighted by atomic mass is 10.1. The van der Waals surface area contributed by atoms with Gasteiger partial charge in [0.1, 0.15) is 6.17 Å². The monoisotopic (exact) mass is 129 g/mol. The summed E-state index contributed by atoms with van der Waals surface area (Å²) in [5.41, 5.74) is 0. The molecule has 52 valence electrons. The second-order valence-corrected chi connectivity index (χ2v) is 3.12. The van der Waals surface area contributed by atoms with Crippen molar-refractivity contribution in [2.75, 3.05) is 13.1 Å². The second-order valence-electron chi connectivity index (χ2n) is 3.12. The zero-order valence-corrected chi connectivity index (χ0v) is 5.52. The van der Waals surface area contributed by atoms with Crippen LogP contribution in [-0.2, 0) is 0 Å². The first-order valence-corrected chi connectivity index (χ1v) is 3.74. The third-order valence-corrected chi connectivity index (χ3v) is 2.46. The van der Waals surface area contributed by atoms with Crippen LogP contribution < -0.4 is 0 Å². The van der Waals surface area contributed by atoms with Gasteiger partial charge in [0.25, 0.3) is 0 Å². The number of nitrogens with zero attached hydrogens (tertiary/aromatic N) is 1. The summed E-state index contributed by atoms with van der Waals surface area (Å²) in [6.07, 6.45) is 2.81. The van der Waals surface area contributed by atoms with Gasteiger partial charge in [0.15, 0.2) is 0 Å². The molecule has 2 heteroatoms. The van der Waals surface area contributed by atoms with Crippen LogP contribution in [0.5, 0.6) is 0 Å². The molecule has 2 rings (SSSR count). The average molecular weight is 129 g/mol.